The standard InChI is InChI=1S/C12H12F3N/c1-11(2)6-8-3-4-10(12(13,14)15)5-9(8)7-16-11/h3-5,7H,6H2,1-2H3. The van der Waals surface area contributed by atoms with Crippen LogP contribution in [0.5, 0.6) is 0 Å². The van der Waals surface area contributed by atoms with Crippen LogP contribution in [0.4, 0.5) is 13.2 Å². The third kappa shape index (κ3) is 2.10. The van der Waals surface area contributed by atoms with Crippen molar-refractivity contribution in [1.29, 1.82) is 0 Å². The molecule has 1 heterocycles. The van der Waals surface area contributed by atoms with Crippen molar-refractivity contribution in [2.75, 3.05) is 0 Å². The van der Waals surface area contributed by atoms with Gasteiger partial charge in [-0.25, -0.2) is 0 Å². The van der Waals surface area contributed by atoms with Crippen LogP contribution < -0.4 is 0 Å². The molecule has 1 nitrogen and oxygen atoms in total. The second-order valence-corrected chi connectivity index (χ2v) is 4.66. The van der Waals surface area contributed by atoms with Gasteiger partial charge < -0.3 is 0 Å². The van der Waals surface area contributed by atoms with E-state index in [1.54, 1.807) is 6.07 Å². The highest BCUT2D eigenvalue weighted by Gasteiger charge is 2.32. The van der Waals surface area contributed by atoms with Crippen LogP contribution in [0.25, 0.3) is 0 Å². The minimum Gasteiger partial charge on any atom is -0.286 e. The number of halogens is 3. The molecule has 0 fully saturated rings. The van der Waals surface area contributed by atoms with Crippen molar-refractivity contribution in [1.82, 2.24) is 0 Å². The van der Waals surface area contributed by atoms with Crippen molar-refractivity contribution in [2.45, 2.75) is 32.0 Å². The maximum absolute atomic E-state index is 12.5. The van der Waals surface area contributed by atoms with Gasteiger partial charge in [-0.05, 0) is 43.5 Å². The fourth-order valence-electron chi connectivity index (χ4n) is 1.81. The number of hydrogen-bond donors (Lipinski definition) is 0. The summed E-state index contributed by atoms with van der Waals surface area (Å²) in [6.07, 6.45) is -2.07. The van der Waals surface area contributed by atoms with E-state index in [1.807, 2.05) is 13.8 Å². The zero-order valence-corrected chi connectivity index (χ0v) is 9.10. The Morgan fingerprint density at radius 2 is 1.94 bits per heavy atom. The van der Waals surface area contributed by atoms with Crippen molar-refractivity contribution in [3.63, 3.8) is 0 Å². The first-order valence-electron chi connectivity index (χ1n) is 5.03. The zero-order chi connectivity index (χ0) is 12.0. The van der Waals surface area contributed by atoms with E-state index in [9.17, 15) is 13.2 Å². The molecular formula is C12H12F3N. The summed E-state index contributed by atoms with van der Waals surface area (Å²) >= 11 is 0. The molecule has 0 radical (unpaired) electrons. The molecule has 1 aliphatic rings. The Balaban J connectivity index is 2.43. The van der Waals surface area contributed by atoms with Gasteiger partial charge in [0.15, 0.2) is 0 Å². The SMILES string of the molecule is CC1(C)Cc2ccc(C(F)(F)F)cc2C=N1. The van der Waals surface area contributed by atoms with E-state index < -0.39 is 11.7 Å². The van der Waals surface area contributed by atoms with Gasteiger partial charge in [-0.3, -0.25) is 4.99 Å². The Bertz CT molecular complexity index is 444. The van der Waals surface area contributed by atoms with Crippen LogP contribution in [-0.4, -0.2) is 11.8 Å². The Hall–Kier alpha value is -1.32. The molecule has 0 unspecified atom stereocenters. The van der Waals surface area contributed by atoms with E-state index in [4.69, 9.17) is 0 Å². The number of benzene rings is 1. The largest absolute Gasteiger partial charge is 0.416 e. The fraction of sp³-hybridized carbons (Fsp3) is 0.417. The molecule has 0 bridgehead atoms. The minimum absolute atomic E-state index is 0.216. The quantitative estimate of drug-likeness (QED) is 0.643. The Kier molecular flexibility index (Phi) is 2.33. The third-order valence-corrected chi connectivity index (χ3v) is 2.65. The number of rotatable bonds is 0. The lowest BCUT2D eigenvalue weighted by molar-refractivity contribution is -0.137. The van der Waals surface area contributed by atoms with Crippen molar-refractivity contribution in [3.05, 3.63) is 34.9 Å². The predicted molar refractivity (Wildman–Crippen MR) is 56.8 cm³/mol. The lowest BCUT2D eigenvalue weighted by atomic mass is 9.89. The summed E-state index contributed by atoms with van der Waals surface area (Å²) in [5.41, 5.74) is 0.673. The lowest BCUT2D eigenvalue weighted by Crippen LogP contribution is -2.25. The predicted octanol–water partition coefficient (Wildman–Crippen LogP) is 3.46. The maximum atomic E-state index is 12.5. The van der Waals surface area contributed by atoms with Gasteiger partial charge >= 0.3 is 6.18 Å². The molecule has 0 aromatic heterocycles. The average molecular weight is 227 g/mol. The molecule has 0 N–H and O–H groups in total. The molecule has 0 saturated carbocycles. The van der Waals surface area contributed by atoms with Crippen molar-refractivity contribution < 1.29 is 13.2 Å². The van der Waals surface area contributed by atoms with Crippen LogP contribution >= 0.6 is 0 Å². The minimum atomic E-state index is -4.28. The van der Waals surface area contributed by atoms with Gasteiger partial charge in [0.05, 0.1) is 11.1 Å². The lowest BCUT2D eigenvalue weighted by Gasteiger charge is -2.25. The van der Waals surface area contributed by atoms with Crippen LogP contribution in [0.1, 0.15) is 30.5 Å². The normalized spacial score (nSPS) is 18.3. The van der Waals surface area contributed by atoms with E-state index >= 15 is 0 Å². The summed E-state index contributed by atoms with van der Waals surface area (Å²) < 4.78 is 37.4. The van der Waals surface area contributed by atoms with Gasteiger partial charge in [0.1, 0.15) is 0 Å². The smallest absolute Gasteiger partial charge is 0.286 e. The third-order valence-electron chi connectivity index (χ3n) is 2.65. The Labute approximate surface area is 92.0 Å². The molecule has 0 spiro atoms. The second-order valence-electron chi connectivity index (χ2n) is 4.66. The van der Waals surface area contributed by atoms with E-state index in [0.29, 0.717) is 12.0 Å². The Morgan fingerprint density at radius 1 is 1.25 bits per heavy atom. The number of fused-ring (bicyclic) bond motifs is 1. The van der Waals surface area contributed by atoms with Gasteiger partial charge in [0.25, 0.3) is 0 Å². The van der Waals surface area contributed by atoms with E-state index in [1.165, 1.54) is 6.21 Å². The van der Waals surface area contributed by atoms with Crippen LogP contribution in [0.15, 0.2) is 23.2 Å². The maximum Gasteiger partial charge on any atom is 0.416 e. The number of hydrogen-bond acceptors (Lipinski definition) is 1. The molecule has 0 amide bonds. The first kappa shape index (κ1) is 11.2. The summed E-state index contributed by atoms with van der Waals surface area (Å²) in [4.78, 5) is 4.23. The van der Waals surface area contributed by atoms with E-state index in [2.05, 4.69) is 4.99 Å². The van der Waals surface area contributed by atoms with Crippen LogP contribution in [0, 0.1) is 0 Å². The first-order valence-corrected chi connectivity index (χ1v) is 5.03. The van der Waals surface area contributed by atoms with E-state index in [-0.39, 0.29) is 5.54 Å². The van der Waals surface area contributed by atoms with Crippen molar-refractivity contribution >= 4 is 6.21 Å². The molecule has 16 heavy (non-hydrogen) atoms. The first-order chi connectivity index (χ1) is 7.28. The molecule has 1 aliphatic heterocycles. The van der Waals surface area contributed by atoms with Crippen molar-refractivity contribution in [2.24, 2.45) is 4.99 Å². The number of aliphatic imine (C=N–C) groups is 1. The van der Waals surface area contributed by atoms with Gasteiger partial charge in [-0.2, -0.15) is 13.2 Å². The number of alkyl halides is 3. The molecule has 1 aromatic rings. The highest BCUT2D eigenvalue weighted by Crippen LogP contribution is 2.32. The highest BCUT2D eigenvalue weighted by molar-refractivity contribution is 5.83. The summed E-state index contributed by atoms with van der Waals surface area (Å²) in [5.74, 6) is 0. The molecule has 4 heteroatoms. The Morgan fingerprint density at radius 3 is 2.56 bits per heavy atom. The molecular weight excluding hydrogens is 215 g/mol. The van der Waals surface area contributed by atoms with Gasteiger partial charge in [0.2, 0.25) is 0 Å². The van der Waals surface area contributed by atoms with E-state index in [0.717, 1.165) is 17.7 Å². The summed E-state index contributed by atoms with van der Waals surface area (Å²) in [5, 5.41) is 0. The van der Waals surface area contributed by atoms with Gasteiger partial charge in [-0.15, -0.1) is 0 Å². The second kappa shape index (κ2) is 3.34. The average Bonchev–Trinajstić information content (AvgIpc) is 2.14. The zero-order valence-electron chi connectivity index (χ0n) is 9.10. The topological polar surface area (TPSA) is 12.4 Å². The van der Waals surface area contributed by atoms with Crippen LogP contribution in [-0.2, 0) is 12.6 Å². The molecule has 0 atom stereocenters. The van der Waals surface area contributed by atoms with Gasteiger partial charge in [0, 0.05) is 6.21 Å². The number of nitrogens with zero attached hydrogens (tertiary/aromatic N) is 1. The van der Waals surface area contributed by atoms with Crippen molar-refractivity contribution in [3.8, 4) is 0 Å². The molecule has 2 rings (SSSR count). The van der Waals surface area contributed by atoms with Crippen LogP contribution in [0.2, 0.25) is 0 Å². The summed E-state index contributed by atoms with van der Waals surface area (Å²) in [6, 6.07) is 3.84. The summed E-state index contributed by atoms with van der Waals surface area (Å²) in [7, 11) is 0. The summed E-state index contributed by atoms with van der Waals surface area (Å²) in [6.45, 7) is 3.92. The van der Waals surface area contributed by atoms with Gasteiger partial charge in [-0.1, -0.05) is 6.07 Å². The fourth-order valence-corrected chi connectivity index (χ4v) is 1.81. The molecule has 86 valence electrons. The molecule has 0 saturated heterocycles. The molecule has 1 aromatic carbocycles. The van der Waals surface area contributed by atoms with Crippen LogP contribution in [0.3, 0.4) is 0 Å². The molecule has 0 aliphatic carbocycles. The highest BCUT2D eigenvalue weighted by atomic mass is 19.4. The monoisotopic (exact) mass is 227 g/mol.